The van der Waals surface area contributed by atoms with Crippen LogP contribution in [0.4, 0.5) is 0 Å². The number of hydrogen-bond acceptors (Lipinski definition) is 16. The lowest BCUT2D eigenvalue weighted by atomic mass is 10.4. The first kappa shape index (κ1) is 88.4. The normalized spacial score (nSPS) is 38.2. The molecular weight excluding hydrogens is 1350 g/mol. The highest BCUT2D eigenvalue weighted by atomic mass is 28.5. The van der Waals surface area contributed by atoms with Crippen molar-refractivity contribution in [2.45, 2.75) is 377 Å². The quantitative estimate of drug-likeness (QED) is 0.0756. The van der Waals surface area contributed by atoms with Crippen LogP contribution in [0.3, 0.4) is 0 Å². The first-order chi connectivity index (χ1) is 39.4. The van der Waals surface area contributed by atoms with Crippen LogP contribution in [0.1, 0.15) is 180 Å². The Morgan fingerprint density at radius 1 is 0.375 bits per heavy atom. The summed E-state index contributed by atoms with van der Waals surface area (Å²) >= 11 is 0. The Morgan fingerprint density at radius 2 is 0.705 bits per heavy atom. The van der Waals surface area contributed by atoms with Gasteiger partial charge in [-0.3, -0.25) is 0 Å². The van der Waals surface area contributed by atoms with Gasteiger partial charge in [0, 0.05) is 41.0 Å². The Hall–Kier alpha value is 2.40. The maximum Gasteiger partial charge on any atom is 0.329 e. The molecule has 1 aliphatic rings. The fourth-order valence-electron chi connectivity index (χ4n) is 11.6. The highest BCUT2D eigenvalue weighted by molar-refractivity contribution is 6.96. The minimum atomic E-state index is -3.57. The summed E-state index contributed by atoms with van der Waals surface area (Å²) in [6.45, 7) is 88.7. The van der Waals surface area contributed by atoms with Gasteiger partial charge in [0.05, 0.1) is 0 Å². The summed E-state index contributed by atoms with van der Waals surface area (Å²) in [4.78, 5) is 0. The van der Waals surface area contributed by atoms with Crippen LogP contribution in [-0.2, 0) is 67.1 Å². The summed E-state index contributed by atoms with van der Waals surface area (Å²) in [6.07, 6.45) is -0.263. The molecule has 17 atom stereocenters. The molecule has 0 bridgehead atoms. The lowest BCUT2D eigenvalue weighted by molar-refractivity contribution is 0.148. The maximum absolute atomic E-state index is 8.20. The summed E-state index contributed by atoms with van der Waals surface area (Å²) < 4.78 is 124. The minimum Gasteiger partial charge on any atom is -0.416 e. The number of rotatable bonds is 26. The largest absolute Gasteiger partial charge is 0.416 e. The molecule has 1 aliphatic heterocycles. The third kappa shape index (κ3) is 24.4. The first-order valence-corrected chi connectivity index (χ1v) is 68.8. The van der Waals surface area contributed by atoms with Crippen LogP contribution >= 0.6 is 0 Å². The molecule has 0 amide bonds. The molecule has 0 aromatic heterocycles. The molecule has 0 saturated carbocycles. The molecule has 30 heteroatoms. The van der Waals surface area contributed by atoms with E-state index < -0.39 is 120 Å². The molecule has 0 N–H and O–H groups in total. The van der Waals surface area contributed by atoms with Gasteiger partial charge >= 0.3 is 120 Å². The molecule has 1 fully saturated rings. The van der Waals surface area contributed by atoms with E-state index in [1.54, 1.807) is 0 Å². The van der Waals surface area contributed by atoms with Gasteiger partial charge in [0.1, 0.15) is 0 Å². The summed E-state index contributed by atoms with van der Waals surface area (Å²) in [6, 6.07) is 3.92. The first-order valence-electron chi connectivity index (χ1n) is 34.5. The van der Waals surface area contributed by atoms with Crippen LogP contribution < -0.4 is 0 Å². The molecule has 1 rings (SSSR count). The molecule has 88 heavy (non-hydrogen) atoms. The fraction of sp³-hybridized carbons (Fsp3) is 1.00. The van der Waals surface area contributed by atoms with Gasteiger partial charge in [-0.05, 0) is 211 Å². The summed E-state index contributed by atoms with van der Waals surface area (Å²) in [5.74, 6) is 0. The topological polar surface area (TPSA) is 148 Å². The van der Waals surface area contributed by atoms with E-state index in [0.29, 0.717) is 36.3 Å². The van der Waals surface area contributed by atoms with Gasteiger partial charge in [0.15, 0.2) is 0 Å². The van der Waals surface area contributed by atoms with Crippen molar-refractivity contribution < 1.29 is 67.1 Å². The van der Waals surface area contributed by atoms with E-state index in [-0.39, 0.29) is 68.7 Å². The Bertz CT molecular complexity index is 2120. The van der Waals surface area contributed by atoms with Crippen LogP contribution in [0.25, 0.3) is 0 Å². The Labute approximate surface area is 559 Å². The summed E-state index contributed by atoms with van der Waals surface area (Å²) in [5.41, 5.74) is -0.0714. The van der Waals surface area contributed by atoms with Crippen molar-refractivity contribution in [3.8, 4) is 0 Å². The van der Waals surface area contributed by atoms with Gasteiger partial charge in [0.2, 0.25) is 0 Å². The molecule has 0 radical (unpaired) electrons. The van der Waals surface area contributed by atoms with E-state index in [1.165, 1.54) is 0 Å². The SMILES string of the molecule is CC[Si]1(C)O[Si](C)(CC)O[Si](C)(C(C)C)O[Si](C)(OC(C)C)C(C)C(C)[Si](C)(O[Si](C)(OC(C)C)C(C)C)O[Si](C)(CC)O[Si](C)(CC)O[Si](C)(O[Si](C)(CC)O[Si](C)(OC(C)C)C(C)C)C(C)C[Si](C)(O[Si](C)(OC(C)C)C(C)C)O[Si](C)(C(C)C)O1. The molecule has 528 valence electrons. The lowest BCUT2D eigenvalue weighted by Gasteiger charge is -2.53. The molecule has 1 saturated heterocycles. The third-order valence-corrected chi connectivity index (χ3v) is 88.6. The molecule has 0 aromatic rings. The van der Waals surface area contributed by atoms with Gasteiger partial charge < -0.3 is 67.1 Å². The van der Waals surface area contributed by atoms with Gasteiger partial charge in [-0.1, -0.05) is 125 Å². The van der Waals surface area contributed by atoms with Crippen LogP contribution in [-0.4, -0.2) is 144 Å². The molecule has 17 unspecified atom stereocenters. The van der Waals surface area contributed by atoms with Crippen molar-refractivity contribution >= 4 is 120 Å². The maximum atomic E-state index is 8.20. The second-order valence-electron chi connectivity index (χ2n) is 31.0. The predicted molar refractivity (Wildman–Crippen MR) is 402 cm³/mol. The van der Waals surface area contributed by atoms with Crippen molar-refractivity contribution in [3.63, 3.8) is 0 Å². The van der Waals surface area contributed by atoms with Crippen LogP contribution in [0, 0.1) is 0 Å². The molecular formula is C58H144O16Si14. The van der Waals surface area contributed by atoms with Crippen LogP contribution in [0.5, 0.6) is 0 Å². The van der Waals surface area contributed by atoms with E-state index in [0.717, 1.165) is 0 Å². The lowest BCUT2D eigenvalue weighted by Crippen LogP contribution is -2.68. The van der Waals surface area contributed by atoms with Crippen molar-refractivity contribution in [1.29, 1.82) is 0 Å². The highest BCUT2D eigenvalue weighted by Gasteiger charge is 2.64. The van der Waals surface area contributed by atoms with E-state index in [4.69, 9.17) is 67.1 Å². The van der Waals surface area contributed by atoms with Gasteiger partial charge in [-0.25, -0.2) is 0 Å². The zero-order valence-electron chi connectivity index (χ0n) is 64.7. The average molecular weight is 1490 g/mol. The Balaban J connectivity index is 5.13. The van der Waals surface area contributed by atoms with E-state index in [1.807, 2.05) is 0 Å². The molecule has 0 spiro atoms. The summed E-state index contributed by atoms with van der Waals surface area (Å²) in [7, 11) is -45.3. The van der Waals surface area contributed by atoms with Crippen molar-refractivity contribution in [2.24, 2.45) is 0 Å². The van der Waals surface area contributed by atoms with Crippen molar-refractivity contribution in [1.82, 2.24) is 0 Å². The van der Waals surface area contributed by atoms with E-state index in [2.05, 4.69) is 272 Å². The van der Waals surface area contributed by atoms with E-state index >= 15 is 0 Å². The van der Waals surface area contributed by atoms with Crippen LogP contribution in [0.2, 0.25) is 172 Å². The average Bonchev–Trinajstić information content (AvgIpc) is 3.54. The van der Waals surface area contributed by atoms with Crippen LogP contribution in [0.15, 0.2) is 0 Å². The van der Waals surface area contributed by atoms with Gasteiger partial charge in [-0.15, -0.1) is 0 Å². The zero-order valence-corrected chi connectivity index (χ0v) is 78.7. The second-order valence-corrected chi connectivity index (χ2v) is 84.2. The fourth-order valence-corrected chi connectivity index (χ4v) is 88.0. The van der Waals surface area contributed by atoms with Crippen molar-refractivity contribution in [2.75, 3.05) is 0 Å². The van der Waals surface area contributed by atoms with E-state index in [9.17, 15) is 0 Å². The second kappa shape index (κ2) is 33.5. The minimum absolute atomic E-state index is 0.0123. The molecule has 1 heterocycles. The van der Waals surface area contributed by atoms with Gasteiger partial charge in [-0.2, -0.15) is 0 Å². The molecule has 16 nitrogen and oxygen atoms in total. The Morgan fingerprint density at radius 3 is 1.03 bits per heavy atom. The third-order valence-electron chi connectivity index (χ3n) is 19.3. The number of hydrogen-bond donors (Lipinski definition) is 0. The van der Waals surface area contributed by atoms with Crippen molar-refractivity contribution in [3.05, 3.63) is 0 Å². The van der Waals surface area contributed by atoms with Gasteiger partial charge in [0.25, 0.3) is 0 Å². The highest BCUT2D eigenvalue weighted by Crippen LogP contribution is 2.51. The summed E-state index contributed by atoms with van der Waals surface area (Å²) in [5, 5.41) is 0. The smallest absolute Gasteiger partial charge is 0.329 e. The molecule has 0 aliphatic carbocycles. The molecule has 0 aromatic carbocycles. The zero-order chi connectivity index (χ0) is 69.5. The monoisotopic (exact) mass is 1490 g/mol. The standard InChI is InChI=1S/C58H144O16Si14/c1-41-75(27)63-76(28,42-2)67-85(37,55(22)23)74-87(39,62-50(12)13)57(25)58(26)88(40,73-83(35,53(18)19)61-49(10)11)70-78(30,44-4)64-77(29,43-3)68-86(38,69-79(31,45-5)65-81(33,51(14)15)59-47(6)7)56(24)46-80(32,72-84(36,66-75)54(20)21)71-82(34,52(16)17)60-48(8)9/h47-58H,41-46H2,1-40H3. The Kier molecular flexibility index (Phi) is 33.7. The predicted octanol–water partition coefficient (Wildman–Crippen LogP) is 20.2.